The highest BCUT2D eigenvalue weighted by molar-refractivity contribution is 5.76. The van der Waals surface area contributed by atoms with Crippen LogP contribution < -0.4 is 5.73 Å². The Morgan fingerprint density at radius 3 is 2.69 bits per heavy atom. The molecule has 0 aromatic rings. The third kappa shape index (κ3) is 4.38. The zero-order valence-corrected chi connectivity index (χ0v) is 9.09. The van der Waals surface area contributed by atoms with Gasteiger partial charge in [0, 0.05) is 19.5 Å². The Labute approximate surface area is 92.8 Å². The summed E-state index contributed by atoms with van der Waals surface area (Å²) in [5.74, 6) is -0.0308. The number of hydrogen-bond acceptors (Lipinski definition) is 2. The van der Waals surface area contributed by atoms with Gasteiger partial charge in [-0.15, -0.1) is 0 Å². The smallest absolute Gasteiger partial charge is 0.342 e. The van der Waals surface area contributed by atoms with Gasteiger partial charge in [-0.1, -0.05) is 0 Å². The van der Waals surface area contributed by atoms with Crippen molar-refractivity contribution in [2.24, 2.45) is 11.7 Å². The van der Waals surface area contributed by atoms with Crippen LogP contribution in [0.2, 0.25) is 0 Å². The third-order valence-electron chi connectivity index (χ3n) is 2.84. The van der Waals surface area contributed by atoms with Crippen LogP contribution in [0.3, 0.4) is 0 Å². The molecule has 0 aromatic carbocycles. The molecule has 1 aliphatic rings. The Hall–Kier alpha value is -0.780. The normalized spacial score (nSPS) is 21.5. The van der Waals surface area contributed by atoms with Gasteiger partial charge in [0.1, 0.15) is 0 Å². The molecule has 0 spiro atoms. The molecule has 1 fully saturated rings. The molecule has 1 unspecified atom stereocenters. The van der Waals surface area contributed by atoms with E-state index in [1.807, 2.05) is 0 Å². The zero-order valence-electron chi connectivity index (χ0n) is 9.09. The molecular weight excluding hydrogens is 221 g/mol. The van der Waals surface area contributed by atoms with Crippen molar-refractivity contribution in [2.45, 2.75) is 31.9 Å². The first-order chi connectivity index (χ1) is 7.42. The predicted molar refractivity (Wildman–Crippen MR) is 53.6 cm³/mol. The van der Waals surface area contributed by atoms with E-state index in [0.717, 1.165) is 12.8 Å². The second-order valence-corrected chi connectivity index (χ2v) is 4.19. The van der Waals surface area contributed by atoms with Gasteiger partial charge in [-0.05, 0) is 25.3 Å². The van der Waals surface area contributed by atoms with E-state index in [1.165, 1.54) is 4.90 Å². The van der Waals surface area contributed by atoms with Gasteiger partial charge in [-0.25, -0.2) is 0 Å². The largest absolute Gasteiger partial charge is 0.389 e. The van der Waals surface area contributed by atoms with Crippen LogP contribution in [0.4, 0.5) is 13.2 Å². The molecule has 0 aromatic heterocycles. The van der Waals surface area contributed by atoms with Gasteiger partial charge in [0.25, 0.3) is 0 Å². The van der Waals surface area contributed by atoms with Gasteiger partial charge in [0.05, 0.1) is 6.42 Å². The van der Waals surface area contributed by atoms with Gasteiger partial charge < -0.3 is 10.6 Å². The number of hydrogen-bond donors (Lipinski definition) is 1. The number of nitrogens with zero attached hydrogens (tertiary/aromatic N) is 1. The second kappa shape index (κ2) is 5.52. The molecule has 1 saturated heterocycles. The fourth-order valence-corrected chi connectivity index (χ4v) is 1.94. The van der Waals surface area contributed by atoms with Crippen LogP contribution in [0.25, 0.3) is 0 Å². The molecule has 1 aliphatic heterocycles. The van der Waals surface area contributed by atoms with Crippen molar-refractivity contribution < 1.29 is 18.0 Å². The zero-order chi connectivity index (χ0) is 12.2. The van der Waals surface area contributed by atoms with E-state index in [9.17, 15) is 18.0 Å². The number of nitrogens with two attached hydrogens (primary N) is 1. The van der Waals surface area contributed by atoms with Crippen molar-refractivity contribution in [1.29, 1.82) is 0 Å². The van der Waals surface area contributed by atoms with E-state index < -0.39 is 24.9 Å². The second-order valence-electron chi connectivity index (χ2n) is 4.19. The maximum atomic E-state index is 11.9. The van der Waals surface area contributed by atoms with Crippen LogP contribution >= 0.6 is 0 Å². The van der Waals surface area contributed by atoms with Crippen molar-refractivity contribution in [1.82, 2.24) is 4.90 Å². The molecule has 1 atom stereocenters. The van der Waals surface area contributed by atoms with Gasteiger partial charge in [0.15, 0.2) is 0 Å². The first-order valence-electron chi connectivity index (χ1n) is 5.47. The monoisotopic (exact) mass is 238 g/mol. The highest BCUT2D eigenvalue weighted by Crippen LogP contribution is 2.24. The molecule has 3 nitrogen and oxygen atoms in total. The topological polar surface area (TPSA) is 46.3 Å². The van der Waals surface area contributed by atoms with Crippen LogP contribution in [-0.4, -0.2) is 36.6 Å². The van der Waals surface area contributed by atoms with E-state index in [2.05, 4.69) is 0 Å². The molecule has 0 bridgehead atoms. The summed E-state index contributed by atoms with van der Waals surface area (Å²) in [4.78, 5) is 13.0. The summed E-state index contributed by atoms with van der Waals surface area (Å²) in [5, 5.41) is 0. The summed E-state index contributed by atoms with van der Waals surface area (Å²) >= 11 is 0. The number of likely N-dealkylation sites (tertiary alicyclic amines) is 1. The Morgan fingerprint density at radius 2 is 2.12 bits per heavy atom. The van der Waals surface area contributed by atoms with E-state index in [1.54, 1.807) is 0 Å². The van der Waals surface area contributed by atoms with Gasteiger partial charge in [-0.3, -0.25) is 4.79 Å². The summed E-state index contributed by atoms with van der Waals surface area (Å²) < 4.78 is 35.7. The summed E-state index contributed by atoms with van der Waals surface area (Å²) in [6.07, 6.45) is -4.01. The number of alkyl halides is 3. The molecule has 16 heavy (non-hydrogen) atoms. The summed E-state index contributed by atoms with van der Waals surface area (Å²) in [7, 11) is 0. The molecule has 1 rings (SSSR count). The lowest BCUT2D eigenvalue weighted by Crippen LogP contribution is -2.29. The lowest BCUT2D eigenvalue weighted by Gasteiger charge is -2.16. The molecule has 94 valence electrons. The number of carbonyl (C=O) groups excluding carboxylic acids is 1. The highest BCUT2D eigenvalue weighted by atomic mass is 19.4. The minimum atomic E-state index is -4.24. The van der Waals surface area contributed by atoms with Gasteiger partial charge in [0.2, 0.25) is 5.91 Å². The minimum Gasteiger partial charge on any atom is -0.342 e. The molecule has 1 amide bonds. The first-order valence-corrected chi connectivity index (χ1v) is 5.47. The highest BCUT2D eigenvalue weighted by Gasteiger charge is 2.31. The van der Waals surface area contributed by atoms with Crippen molar-refractivity contribution >= 4 is 5.91 Å². The number of halogens is 3. The standard InChI is InChI=1S/C10H17F3N2O/c11-10(12,13)4-1-9(16)15-6-3-8(7-15)2-5-14/h8H,1-7,14H2. The lowest BCUT2D eigenvalue weighted by molar-refractivity contribution is -0.148. The predicted octanol–water partition coefficient (Wildman–Crippen LogP) is 1.53. The molecular formula is C10H17F3N2O. The summed E-state index contributed by atoms with van der Waals surface area (Å²) in [6.45, 7) is 1.70. The van der Waals surface area contributed by atoms with Gasteiger partial charge >= 0.3 is 6.18 Å². The average Bonchev–Trinajstić information content (AvgIpc) is 2.62. The molecule has 0 saturated carbocycles. The quantitative estimate of drug-likeness (QED) is 0.807. The molecule has 6 heteroatoms. The van der Waals surface area contributed by atoms with E-state index in [-0.39, 0.29) is 0 Å². The fourth-order valence-electron chi connectivity index (χ4n) is 1.94. The molecule has 0 radical (unpaired) electrons. The first kappa shape index (κ1) is 13.3. The average molecular weight is 238 g/mol. The van der Waals surface area contributed by atoms with E-state index in [0.29, 0.717) is 25.6 Å². The maximum Gasteiger partial charge on any atom is 0.389 e. The molecule has 0 aliphatic carbocycles. The Kier molecular flexibility index (Phi) is 4.58. The minimum absolute atomic E-state index is 0.361. The summed E-state index contributed by atoms with van der Waals surface area (Å²) in [5.41, 5.74) is 5.39. The number of amides is 1. The third-order valence-corrected chi connectivity index (χ3v) is 2.84. The van der Waals surface area contributed by atoms with Crippen LogP contribution in [0.15, 0.2) is 0 Å². The Morgan fingerprint density at radius 1 is 1.44 bits per heavy atom. The Balaban J connectivity index is 2.28. The van der Waals surface area contributed by atoms with Crippen molar-refractivity contribution in [3.8, 4) is 0 Å². The fraction of sp³-hybridized carbons (Fsp3) is 0.900. The van der Waals surface area contributed by atoms with Crippen molar-refractivity contribution in [3.05, 3.63) is 0 Å². The van der Waals surface area contributed by atoms with E-state index in [4.69, 9.17) is 5.73 Å². The maximum absolute atomic E-state index is 11.9. The number of carbonyl (C=O) groups is 1. The van der Waals surface area contributed by atoms with Gasteiger partial charge in [-0.2, -0.15) is 13.2 Å². The SMILES string of the molecule is NCCC1CCN(C(=O)CCC(F)(F)F)C1. The lowest BCUT2D eigenvalue weighted by atomic mass is 10.1. The number of rotatable bonds is 4. The van der Waals surface area contributed by atoms with Crippen molar-refractivity contribution in [3.63, 3.8) is 0 Å². The Bertz CT molecular complexity index is 243. The van der Waals surface area contributed by atoms with Crippen molar-refractivity contribution in [2.75, 3.05) is 19.6 Å². The molecule has 2 N–H and O–H groups in total. The van der Waals surface area contributed by atoms with Crippen LogP contribution in [0.5, 0.6) is 0 Å². The van der Waals surface area contributed by atoms with Crippen LogP contribution in [-0.2, 0) is 4.79 Å². The van der Waals surface area contributed by atoms with Crippen LogP contribution in [0.1, 0.15) is 25.7 Å². The van der Waals surface area contributed by atoms with Crippen LogP contribution in [0, 0.1) is 5.92 Å². The molecule has 1 heterocycles. The summed E-state index contributed by atoms with van der Waals surface area (Å²) in [6, 6.07) is 0. The van der Waals surface area contributed by atoms with E-state index >= 15 is 0 Å².